The Hall–Kier alpha value is -2.32. The molecule has 8 heteroatoms. The zero-order valence-corrected chi connectivity index (χ0v) is 17.2. The number of anilines is 1. The topological polar surface area (TPSA) is 78.5 Å². The second-order valence-corrected chi connectivity index (χ2v) is 7.80. The van der Waals surface area contributed by atoms with Crippen LogP contribution in [0.15, 0.2) is 46.7 Å². The summed E-state index contributed by atoms with van der Waals surface area (Å²) in [5.41, 5.74) is 0.727. The van der Waals surface area contributed by atoms with Crippen LogP contribution in [0.4, 0.5) is 5.69 Å². The van der Waals surface area contributed by atoms with Gasteiger partial charge in [-0.2, -0.15) is 0 Å². The molecule has 1 atom stereocenters. The van der Waals surface area contributed by atoms with E-state index in [1.54, 1.807) is 18.8 Å². The van der Waals surface area contributed by atoms with Crippen LogP contribution in [0.5, 0.6) is 0 Å². The fourth-order valence-corrected chi connectivity index (χ4v) is 3.86. The minimum atomic E-state index is -0.391. The van der Waals surface area contributed by atoms with E-state index >= 15 is 0 Å². The van der Waals surface area contributed by atoms with E-state index in [0.29, 0.717) is 0 Å². The molecular weight excluding hydrogens is 382 g/mol. The zero-order chi connectivity index (χ0) is 19.8. The van der Waals surface area contributed by atoms with Gasteiger partial charge in [-0.1, -0.05) is 18.2 Å². The summed E-state index contributed by atoms with van der Waals surface area (Å²) in [5, 5.41) is 7.53. The van der Waals surface area contributed by atoms with Crippen molar-refractivity contribution in [3.05, 3.63) is 46.7 Å². The molecule has 27 heavy (non-hydrogen) atoms. The highest BCUT2D eigenvalue weighted by Crippen LogP contribution is 2.25. The summed E-state index contributed by atoms with van der Waals surface area (Å²) in [6.45, 7) is 1.37. The summed E-state index contributed by atoms with van der Waals surface area (Å²) < 4.78 is 0. The third-order valence-corrected chi connectivity index (χ3v) is 5.61. The number of likely N-dealkylation sites (N-methyl/N-ethyl adjacent to an activating group) is 1. The Kier molecular flexibility index (Phi) is 7.87. The molecule has 1 aromatic heterocycles. The van der Waals surface area contributed by atoms with Gasteiger partial charge in [0.05, 0.1) is 24.7 Å². The molecule has 0 saturated heterocycles. The lowest BCUT2D eigenvalue weighted by atomic mass is 10.1. The minimum Gasteiger partial charge on any atom is -0.348 e. The van der Waals surface area contributed by atoms with Crippen LogP contribution < -0.4 is 10.6 Å². The van der Waals surface area contributed by atoms with Gasteiger partial charge in [0, 0.05) is 23.7 Å². The number of carbonyl (C=O) groups excluding carboxylic acids is 3. The third-order valence-electron chi connectivity index (χ3n) is 3.83. The van der Waals surface area contributed by atoms with Crippen molar-refractivity contribution >= 4 is 46.5 Å². The number of thioether (sulfide) groups is 1. The highest BCUT2D eigenvalue weighted by atomic mass is 32.2. The van der Waals surface area contributed by atoms with E-state index in [9.17, 15) is 14.4 Å². The Morgan fingerprint density at radius 3 is 2.56 bits per heavy atom. The second kappa shape index (κ2) is 10.1. The van der Waals surface area contributed by atoms with Gasteiger partial charge in [-0.25, -0.2) is 0 Å². The first-order valence-corrected chi connectivity index (χ1v) is 10.5. The quantitative estimate of drug-likeness (QED) is 0.662. The summed E-state index contributed by atoms with van der Waals surface area (Å²) in [6, 6.07) is 10.9. The Labute approximate surface area is 167 Å². The molecule has 0 bridgehead atoms. The predicted octanol–water partition coefficient (Wildman–Crippen LogP) is 3.13. The number of para-hydroxylation sites is 1. The molecule has 3 amide bonds. The zero-order valence-electron chi connectivity index (χ0n) is 15.5. The summed E-state index contributed by atoms with van der Waals surface area (Å²) in [7, 11) is 1.58. The molecule has 0 aliphatic rings. The highest BCUT2D eigenvalue weighted by Gasteiger charge is 2.21. The smallest absolute Gasteiger partial charge is 0.244 e. The number of rotatable bonds is 8. The Bertz CT molecular complexity index is 793. The number of hydrogen-bond donors (Lipinski definition) is 2. The van der Waals surface area contributed by atoms with Gasteiger partial charge in [0.25, 0.3) is 0 Å². The van der Waals surface area contributed by atoms with Crippen molar-refractivity contribution in [3.63, 3.8) is 0 Å². The maximum absolute atomic E-state index is 12.5. The summed E-state index contributed by atoms with van der Waals surface area (Å²) in [6.07, 6.45) is 2.04. The van der Waals surface area contributed by atoms with Crippen LogP contribution in [0.1, 0.15) is 24.3 Å². The van der Waals surface area contributed by atoms with Crippen molar-refractivity contribution in [2.75, 3.05) is 25.2 Å². The van der Waals surface area contributed by atoms with Crippen molar-refractivity contribution in [1.29, 1.82) is 0 Å². The lowest BCUT2D eigenvalue weighted by Gasteiger charge is -2.21. The number of nitrogens with one attached hydrogen (secondary N) is 2. The van der Waals surface area contributed by atoms with Crippen LogP contribution in [0.2, 0.25) is 0 Å². The maximum atomic E-state index is 12.5. The van der Waals surface area contributed by atoms with Gasteiger partial charge >= 0.3 is 0 Å². The number of thiophene rings is 1. The molecule has 0 radical (unpaired) electrons. The first kappa shape index (κ1) is 21.0. The van der Waals surface area contributed by atoms with Crippen molar-refractivity contribution in [2.45, 2.75) is 24.3 Å². The molecule has 0 fully saturated rings. The Balaban J connectivity index is 1.95. The lowest BCUT2D eigenvalue weighted by molar-refractivity contribution is -0.134. The van der Waals surface area contributed by atoms with Gasteiger partial charge in [0.1, 0.15) is 0 Å². The molecular formula is C19H23N3O3S2. The normalized spacial score (nSPS) is 11.5. The maximum Gasteiger partial charge on any atom is 0.244 e. The second-order valence-electron chi connectivity index (χ2n) is 5.97. The van der Waals surface area contributed by atoms with Crippen LogP contribution in [0, 0.1) is 0 Å². The third kappa shape index (κ3) is 6.41. The monoisotopic (exact) mass is 405 g/mol. The van der Waals surface area contributed by atoms with Crippen LogP contribution >= 0.6 is 23.1 Å². The number of benzene rings is 1. The van der Waals surface area contributed by atoms with Crippen LogP contribution in [0.3, 0.4) is 0 Å². The van der Waals surface area contributed by atoms with E-state index in [2.05, 4.69) is 10.6 Å². The average molecular weight is 406 g/mol. The highest BCUT2D eigenvalue weighted by molar-refractivity contribution is 7.98. The largest absolute Gasteiger partial charge is 0.348 e. The molecule has 2 rings (SSSR count). The van der Waals surface area contributed by atoms with Crippen molar-refractivity contribution < 1.29 is 14.4 Å². The molecule has 1 unspecified atom stereocenters. The molecule has 2 N–H and O–H groups in total. The van der Waals surface area contributed by atoms with E-state index in [1.807, 2.05) is 48.0 Å². The molecule has 0 aliphatic heterocycles. The number of hydrogen-bond acceptors (Lipinski definition) is 5. The van der Waals surface area contributed by atoms with E-state index in [1.165, 1.54) is 23.2 Å². The molecule has 1 aromatic carbocycles. The fourth-order valence-electron chi connectivity index (χ4n) is 2.53. The number of carbonyl (C=O) groups is 3. The van der Waals surface area contributed by atoms with Gasteiger partial charge in [0.2, 0.25) is 17.7 Å². The predicted molar refractivity (Wildman–Crippen MR) is 110 cm³/mol. The Morgan fingerprint density at radius 1 is 1.19 bits per heavy atom. The molecule has 144 valence electrons. The molecule has 0 spiro atoms. The van der Waals surface area contributed by atoms with E-state index in [4.69, 9.17) is 0 Å². The minimum absolute atomic E-state index is 0.0568. The number of nitrogens with zero attached hydrogens (tertiary/aromatic N) is 1. The summed E-state index contributed by atoms with van der Waals surface area (Å²) >= 11 is 3.02. The molecule has 1 heterocycles. The van der Waals surface area contributed by atoms with Crippen LogP contribution in [0.25, 0.3) is 0 Å². The van der Waals surface area contributed by atoms with E-state index < -0.39 is 6.04 Å². The van der Waals surface area contributed by atoms with Crippen molar-refractivity contribution in [2.24, 2.45) is 0 Å². The fraction of sp³-hybridized carbons (Fsp3) is 0.316. The molecule has 0 aliphatic carbocycles. The average Bonchev–Trinajstić information content (AvgIpc) is 3.15. The van der Waals surface area contributed by atoms with Gasteiger partial charge in [0.15, 0.2) is 0 Å². The molecule has 2 aromatic rings. The van der Waals surface area contributed by atoms with Crippen molar-refractivity contribution in [3.8, 4) is 0 Å². The Morgan fingerprint density at radius 2 is 1.93 bits per heavy atom. The first-order valence-electron chi connectivity index (χ1n) is 8.38. The van der Waals surface area contributed by atoms with E-state index in [0.717, 1.165) is 15.5 Å². The van der Waals surface area contributed by atoms with E-state index in [-0.39, 0.29) is 30.7 Å². The first-order chi connectivity index (χ1) is 12.9. The van der Waals surface area contributed by atoms with Crippen LogP contribution in [-0.2, 0) is 14.4 Å². The standard InChI is InChI=1S/C19H23N3O3S2/c1-13(23)20-15(17-9-6-10-27-17)11-19(25)22(2)12-18(24)21-14-7-4-5-8-16(14)26-3/h4-10,15H,11-12H2,1-3H3,(H,20,23)(H,21,24). The van der Waals surface area contributed by atoms with Crippen molar-refractivity contribution in [1.82, 2.24) is 10.2 Å². The summed E-state index contributed by atoms with van der Waals surface area (Å²) in [5.74, 6) is -0.676. The number of amides is 3. The molecule has 0 saturated carbocycles. The SMILES string of the molecule is CSc1ccccc1NC(=O)CN(C)C(=O)CC(NC(C)=O)c1cccs1. The van der Waals surface area contributed by atoms with Gasteiger partial charge in [-0.3, -0.25) is 14.4 Å². The molecule has 6 nitrogen and oxygen atoms in total. The van der Waals surface area contributed by atoms with Gasteiger partial charge in [-0.15, -0.1) is 23.1 Å². The van der Waals surface area contributed by atoms with Gasteiger partial charge < -0.3 is 15.5 Å². The lowest BCUT2D eigenvalue weighted by Crippen LogP contribution is -2.37. The summed E-state index contributed by atoms with van der Waals surface area (Å²) in [4.78, 5) is 39.5. The van der Waals surface area contributed by atoms with Crippen LogP contribution in [-0.4, -0.2) is 42.5 Å². The van der Waals surface area contributed by atoms with Gasteiger partial charge in [-0.05, 0) is 29.8 Å².